The maximum atomic E-state index is 14.0. The summed E-state index contributed by atoms with van der Waals surface area (Å²) < 4.78 is 7.15. The van der Waals surface area contributed by atoms with Gasteiger partial charge in [0.2, 0.25) is 0 Å². The van der Waals surface area contributed by atoms with Gasteiger partial charge in [-0.3, -0.25) is 4.79 Å². The Morgan fingerprint density at radius 2 is 1.94 bits per heavy atom. The fraction of sp³-hybridized carbons (Fsp3) is 0.640. The van der Waals surface area contributed by atoms with Crippen molar-refractivity contribution < 1.29 is 24.5 Å². The summed E-state index contributed by atoms with van der Waals surface area (Å²) in [6.07, 6.45) is 0.578. The molecule has 2 aromatic rings. The molecule has 3 rings (SSSR count). The molecule has 1 aliphatic heterocycles. The van der Waals surface area contributed by atoms with Crippen molar-refractivity contribution >= 4 is 23.0 Å². The van der Waals surface area contributed by atoms with Gasteiger partial charge in [-0.15, -0.1) is 0 Å². The van der Waals surface area contributed by atoms with Crippen LogP contribution >= 0.6 is 0 Å². The van der Waals surface area contributed by atoms with Crippen molar-refractivity contribution in [3.8, 4) is 0 Å². The molecule has 1 unspecified atom stereocenters. The molecule has 0 radical (unpaired) electrons. The summed E-state index contributed by atoms with van der Waals surface area (Å²) in [7, 11) is 1.68. The number of hydrogen-bond acceptors (Lipinski definition) is 5. The molecule has 34 heavy (non-hydrogen) atoms. The molecule has 1 fully saturated rings. The highest BCUT2D eigenvalue weighted by Crippen LogP contribution is 2.27. The van der Waals surface area contributed by atoms with Crippen molar-refractivity contribution in [1.29, 1.82) is 0 Å². The van der Waals surface area contributed by atoms with E-state index < -0.39 is 12.2 Å². The number of hydrogen-bond donors (Lipinski definition) is 2. The number of nitrogens with zero attached hydrogens (tertiary/aromatic N) is 4. The minimum atomic E-state index is -1.03. The van der Waals surface area contributed by atoms with Gasteiger partial charge in [0.15, 0.2) is 5.82 Å². The molecule has 188 valence electrons. The first-order valence-corrected chi connectivity index (χ1v) is 12.1. The van der Waals surface area contributed by atoms with Crippen LogP contribution in [0.5, 0.6) is 0 Å². The number of amides is 2. The van der Waals surface area contributed by atoms with E-state index in [4.69, 9.17) is 9.72 Å². The number of imidazole rings is 1. The van der Waals surface area contributed by atoms with Crippen molar-refractivity contribution in [2.24, 2.45) is 11.8 Å². The molecule has 1 aliphatic rings. The molecule has 2 heterocycles. The maximum absolute atomic E-state index is 14.0. The number of methoxy groups -OCH3 is 1. The third kappa shape index (κ3) is 6.07. The second-order valence-electron chi connectivity index (χ2n) is 9.70. The molecule has 0 aliphatic carbocycles. The third-order valence-electron chi connectivity index (χ3n) is 6.50. The Bertz CT molecular complexity index is 973. The first-order chi connectivity index (χ1) is 16.2. The van der Waals surface area contributed by atoms with E-state index in [2.05, 4.69) is 0 Å². The lowest BCUT2D eigenvalue weighted by Crippen LogP contribution is -2.56. The predicted molar refractivity (Wildman–Crippen MR) is 130 cm³/mol. The Hall–Kier alpha value is -2.65. The van der Waals surface area contributed by atoms with Crippen LogP contribution in [0.4, 0.5) is 4.79 Å². The number of fused-ring (bicyclic) bond motifs is 1. The smallest absolute Gasteiger partial charge is 0.407 e. The maximum Gasteiger partial charge on any atom is 0.407 e. The summed E-state index contributed by atoms with van der Waals surface area (Å²) in [6, 6.07) is 7.39. The fourth-order valence-electron chi connectivity index (χ4n) is 4.74. The second-order valence-corrected chi connectivity index (χ2v) is 9.70. The van der Waals surface area contributed by atoms with Crippen molar-refractivity contribution in [1.82, 2.24) is 19.4 Å². The molecule has 1 aromatic heterocycles. The van der Waals surface area contributed by atoms with Crippen LogP contribution in [0.2, 0.25) is 0 Å². The minimum Gasteiger partial charge on any atom is -0.465 e. The standard InChI is InChI=1S/C25H38N4O5/c1-17(2)14-29(20-13-19(18(3)30)15-27(16-20)25(32)33)24(31)23-26-21-9-5-6-10-22(21)28(23)11-7-8-12-34-4/h5-6,9-10,17-20,30H,7-8,11-16H2,1-4H3,(H,32,33)/t18?,19-,20+/m1/s1. The zero-order valence-electron chi connectivity index (χ0n) is 20.7. The predicted octanol–water partition coefficient (Wildman–Crippen LogP) is 3.31. The van der Waals surface area contributed by atoms with Gasteiger partial charge in [0.05, 0.1) is 23.2 Å². The highest BCUT2D eigenvalue weighted by atomic mass is 16.5. The van der Waals surface area contributed by atoms with Gasteiger partial charge in [-0.1, -0.05) is 26.0 Å². The quantitative estimate of drug-likeness (QED) is 0.512. The van der Waals surface area contributed by atoms with Gasteiger partial charge in [0.25, 0.3) is 5.91 Å². The SMILES string of the molecule is COCCCCn1c(C(=O)N(CC(C)C)[C@H]2C[C@@H](C(C)O)CN(C(=O)O)C2)nc2ccccc21. The molecule has 1 aromatic carbocycles. The number of benzene rings is 1. The number of aromatic nitrogens is 2. The second kappa shape index (κ2) is 11.7. The molecule has 9 heteroatoms. The summed E-state index contributed by atoms with van der Waals surface area (Å²) in [6.45, 7) is 8.04. The Morgan fingerprint density at radius 1 is 1.21 bits per heavy atom. The zero-order chi connectivity index (χ0) is 24.8. The highest BCUT2D eigenvalue weighted by Gasteiger charge is 2.38. The molecular weight excluding hydrogens is 436 g/mol. The number of aliphatic hydroxyl groups excluding tert-OH is 1. The number of piperidine rings is 1. The van der Waals surface area contributed by atoms with Crippen LogP contribution in [-0.4, -0.2) is 87.1 Å². The van der Waals surface area contributed by atoms with Gasteiger partial charge in [-0.2, -0.15) is 0 Å². The monoisotopic (exact) mass is 474 g/mol. The number of aliphatic hydroxyl groups is 1. The molecule has 3 atom stereocenters. The summed E-state index contributed by atoms with van der Waals surface area (Å²) >= 11 is 0. The van der Waals surface area contributed by atoms with Crippen LogP contribution < -0.4 is 0 Å². The molecule has 0 bridgehead atoms. The van der Waals surface area contributed by atoms with Crippen LogP contribution in [0.3, 0.4) is 0 Å². The average Bonchev–Trinajstić information content (AvgIpc) is 3.18. The summed E-state index contributed by atoms with van der Waals surface area (Å²) in [5.74, 6) is 0.136. The lowest BCUT2D eigenvalue weighted by Gasteiger charge is -2.43. The number of para-hydroxylation sites is 2. The van der Waals surface area contributed by atoms with Crippen LogP contribution in [0.25, 0.3) is 11.0 Å². The van der Waals surface area contributed by atoms with Gasteiger partial charge in [-0.25, -0.2) is 9.78 Å². The molecule has 2 N–H and O–H groups in total. The normalized spacial score (nSPS) is 19.5. The lowest BCUT2D eigenvalue weighted by molar-refractivity contribution is 0.0131. The number of carboxylic acid groups (broad SMARTS) is 1. The van der Waals surface area contributed by atoms with Crippen LogP contribution in [0, 0.1) is 11.8 Å². The van der Waals surface area contributed by atoms with E-state index >= 15 is 0 Å². The first-order valence-electron chi connectivity index (χ1n) is 12.1. The number of likely N-dealkylation sites (tertiary alicyclic amines) is 1. The van der Waals surface area contributed by atoms with Crippen LogP contribution in [-0.2, 0) is 11.3 Å². The first kappa shape index (κ1) is 26.0. The van der Waals surface area contributed by atoms with Crippen LogP contribution in [0.15, 0.2) is 24.3 Å². The van der Waals surface area contributed by atoms with Gasteiger partial charge >= 0.3 is 6.09 Å². The van der Waals surface area contributed by atoms with E-state index in [0.29, 0.717) is 31.9 Å². The van der Waals surface area contributed by atoms with E-state index in [1.807, 2.05) is 42.7 Å². The largest absolute Gasteiger partial charge is 0.465 e. The molecular formula is C25H38N4O5. The topological polar surface area (TPSA) is 108 Å². The van der Waals surface area contributed by atoms with E-state index in [-0.39, 0.29) is 36.9 Å². The van der Waals surface area contributed by atoms with E-state index in [1.54, 1.807) is 18.9 Å². The number of rotatable bonds is 10. The molecule has 2 amide bonds. The Kier molecular flexibility index (Phi) is 8.90. The fourth-order valence-corrected chi connectivity index (χ4v) is 4.74. The highest BCUT2D eigenvalue weighted by molar-refractivity contribution is 5.95. The number of aryl methyl sites for hydroxylation is 1. The Labute approximate surface area is 201 Å². The van der Waals surface area contributed by atoms with Gasteiger partial charge in [0.1, 0.15) is 0 Å². The third-order valence-corrected chi connectivity index (χ3v) is 6.50. The molecule has 1 saturated heterocycles. The van der Waals surface area contributed by atoms with Crippen molar-refractivity contribution in [3.05, 3.63) is 30.1 Å². The van der Waals surface area contributed by atoms with Gasteiger partial charge < -0.3 is 29.3 Å². The molecule has 9 nitrogen and oxygen atoms in total. The summed E-state index contributed by atoms with van der Waals surface area (Å²) in [4.78, 5) is 33.6. The lowest BCUT2D eigenvalue weighted by atomic mass is 9.89. The van der Waals surface area contributed by atoms with E-state index in [1.165, 1.54) is 4.90 Å². The van der Waals surface area contributed by atoms with Gasteiger partial charge in [0, 0.05) is 45.8 Å². The summed E-state index contributed by atoms with van der Waals surface area (Å²) in [5, 5.41) is 19.9. The molecule has 0 spiro atoms. The molecule has 0 saturated carbocycles. The van der Waals surface area contributed by atoms with Crippen molar-refractivity contribution in [2.75, 3.05) is 33.4 Å². The number of carbonyl (C=O) groups is 2. The van der Waals surface area contributed by atoms with E-state index in [9.17, 15) is 19.8 Å². The average molecular weight is 475 g/mol. The minimum absolute atomic E-state index is 0.189. The zero-order valence-corrected chi connectivity index (χ0v) is 20.7. The number of unbranched alkanes of at least 4 members (excludes halogenated alkanes) is 1. The van der Waals surface area contributed by atoms with E-state index in [0.717, 1.165) is 23.9 Å². The van der Waals surface area contributed by atoms with Crippen molar-refractivity contribution in [2.45, 2.75) is 58.7 Å². The Morgan fingerprint density at radius 3 is 2.59 bits per heavy atom. The Balaban J connectivity index is 1.96. The van der Waals surface area contributed by atoms with Gasteiger partial charge in [-0.05, 0) is 44.2 Å². The van der Waals surface area contributed by atoms with Crippen LogP contribution in [0.1, 0.15) is 50.7 Å². The number of carbonyl (C=O) groups excluding carboxylic acids is 1. The van der Waals surface area contributed by atoms with Crippen molar-refractivity contribution in [3.63, 3.8) is 0 Å². The number of ether oxygens (including phenoxy) is 1. The summed E-state index contributed by atoms with van der Waals surface area (Å²) in [5.41, 5.74) is 1.67.